The fourth-order valence-corrected chi connectivity index (χ4v) is 0.895. The minimum absolute atomic E-state index is 0.0439. The van der Waals surface area contributed by atoms with Crippen molar-refractivity contribution in [1.29, 1.82) is 0 Å². The third-order valence-electron chi connectivity index (χ3n) is 1.22. The highest BCUT2D eigenvalue weighted by atomic mass is 28.1. The summed E-state index contributed by atoms with van der Waals surface area (Å²) in [5.74, 6) is -0.0439. The van der Waals surface area contributed by atoms with E-state index in [2.05, 4.69) is 0 Å². The molecule has 0 atom stereocenters. The van der Waals surface area contributed by atoms with Gasteiger partial charge >= 0.3 is 5.97 Å². The average Bonchev–Trinajstić information content (AvgIpc) is 1.89. The molecule has 0 fully saturated rings. The molecule has 0 saturated heterocycles. The zero-order chi connectivity index (χ0) is 7.82. The van der Waals surface area contributed by atoms with E-state index in [4.69, 9.17) is 4.74 Å². The summed E-state index contributed by atoms with van der Waals surface area (Å²) in [6, 6.07) is 1.22. The van der Waals surface area contributed by atoms with Gasteiger partial charge in [0.1, 0.15) is 0 Å². The quantitative estimate of drug-likeness (QED) is 0.333. The van der Waals surface area contributed by atoms with Crippen LogP contribution in [0.2, 0.25) is 6.04 Å². The van der Waals surface area contributed by atoms with E-state index >= 15 is 0 Å². The molecular weight excluding hydrogens is 144 g/mol. The van der Waals surface area contributed by atoms with Crippen molar-refractivity contribution >= 4 is 16.2 Å². The minimum atomic E-state index is -0.0439. The van der Waals surface area contributed by atoms with Gasteiger partial charge in [0.15, 0.2) is 0 Å². The SMILES string of the molecule is CCCC(=O)OCCC[SiH3]. The van der Waals surface area contributed by atoms with Crippen LogP contribution in [0.5, 0.6) is 0 Å². The molecule has 0 unspecified atom stereocenters. The minimum Gasteiger partial charge on any atom is -0.466 e. The number of ether oxygens (including phenoxy) is 1. The number of hydrogen-bond acceptors (Lipinski definition) is 2. The molecule has 0 radical (unpaired) electrons. The van der Waals surface area contributed by atoms with Gasteiger partial charge in [-0.2, -0.15) is 0 Å². The molecule has 0 aromatic carbocycles. The lowest BCUT2D eigenvalue weighted by Gasteiger charge is -2.00. The Morgan fingerprint density at radius 3 is 2.80 bits per heavy atom. The largest absolute Gasteiger partial charge is 0.466 e. The van der Waals surface area contributed by atoms with Crippen LogP contribution in [-0.4, -0.2) is 22.8 Å². The second-order valence-corrected chi connectivity index (χ2v) is 3.32. The Morgan fingerprint density at radius 2 is 2.30 bits per heavy atom. The predicted molar refractivity (Wildman–Crippen MR) is 45.2 cm³/mol. The zero-order valence-corrected chi connectivity index (χ0v) is 8.85. The second kappa shape index (κ2) is 6.80. The Morgan fingerprint density at radius 1 is 1.60 bits per heavy atom. The first-order valence-electron chi connectivity index (χ1n) is 3.96. The normalized spacial score (nSPS) is 9.70. The lowest BCUT2D eigenvalue weighted by atomic mass is 10.3. The van der Waals surface area contributed by atoms with Gasteiger partial charge in [0.2, 0.25) is 0 Å². The van der Waals surface area contributed by atoms with Crippen molar-refractivity contribution in [2.24, 2.45) is 0 Å². The van der Waals surface area contributed by atoms with Gasteiger partial charge in [-0.05, 0) is 12.8 Å². The van der Waals surface area contributed by atoms with Crippen molar-refractivity contribution in [3.8, 4) is 0 Å². The topological polar surface area (TPSA) is 26.3 Å². The van der Waals surface area contributed by atoms with Gasteiger partial charge in [-0.25, -0.2) is 0 Å². The summed E-state index contributed by atoms with van der Waals surface area (Å²) in [7, 11) is 1.21. The van der Waals surface area contributed by atoms with Crippen LogP contribution < -0.4 is 0 Å². The van der Waals surface area contributed by atoms with Crippen LogP contribution >= 0.6 is 0 Å². The molecule has 0 bridgehead atoms. The van der Waals surface area contributed by atoms with E-state index < -0.39 is 0 Å². The lowest BCUT2D eigenvalue weighted by Crippen LogP contribution is -2.04. The summed E-state index contributed by atoms with van der Waals surface area (Å²) in [5, 5.41) is 0. The van der Waals surface area contributed by atoms with Gasteiger partial charge in [-0.3, -0.25) is 4.79 Å². The Kier molecular flexibility index (Phi) is 6.59. The van der Waals surface area contributed by atoms with Gasteiger partial charge in [0.05, 0.1) is 6.61 Å². The first kappa shape index (κ1) is 9.69. The fraction of sp³-hybridized carbons (Fsp3) is 0.857. The maximum absolute atomic E-state index is 10.7. The summed E-state index contributed by atoms with van der Waals surface area (Å²) in [6.45, 7) is 2.61. The van der Waals surface area contributed by atoms with Gasteiger partial charge in [0, 0.05) is 16.7 Å². The van der Waals surface area contributed by atoms with Crippen LogP contribution in [0.3, 0.4) is 0 Å². The third-order valence-corrected chi connectivity index (χ3v) is 1.92. The number of carbonyl (C=O) groups is 1. The van der Waals surface area contributed by atoms with Gasteiger partial charge in [-0.15, -0.1) is 0 Å². The van der Waals surface area contributed by atoms with E-state index in [9.17, 15) is 4.79 Å². The smallest absolute Gasteiger partial charge is 0.305 e. The summed E-state index contributed by atoms with van der Waals surface area (Å²) < 4.78 is 4.91. The van der Waals surface area contributed by atoms with Crippen molar-refractivity contribution in [2.45, 2.75) is 32.2 Å². The van der Waals surface area contributed by atoms with Crippen molar-refractivity contribution in [3.05, 3.63) is 0 Å². The standard InChI is InChI=1S/C7H16O2Si/c1-2-4-7(8)9-5-3-6-10/h2-6H2,1,10H3. The van der Waals surface area contributed by atoms with E-state index in [0.717, 1.165) is 12.8 Å². The Bertz CT molecular complexity index is 93.6. The van der Waals surface area contributed by atoms with Gasteiger partial charge in [-0.1, -0.05) is 13.0 Å². The molecule has 0 spiro atoms. The molecular formula is C7H16O2Si. The Labute approximate surface area is 65.4 Å². The maximum Gasteiger partial charge on any atom is 0.305 e. The van der Waals surface area contributed by atoms with Crippen LogP contribution in [0.15, 0.2) is 0 Å². The molecule has 0 rings (SSSR count). The Hall–Kier alpha value is -0.313. The van der Waals surface area contributed by atoms with Crippen molar-refractivity contribution in [1.82, 2.24) is 0 Å². The Balaban J connectivity index is 3.05. The molecule has 0 aliphatic rings. The van der Waals surface area contributed by atoms with Crippen LogP contribution in [0, 0.1) is 0 Å². The molecule has 0 saturated carbocycles. The maximum atomic E-state index is 10.7. The second-order valence-electron chi connectivity index (χ2n) is 2.32. The summed E-state index contributed by atoms with van der Waals surface area (Å²) in [6.07, 6.45) is 2.50. The molecule has 3 heteroatoms. The molecule has 0 aliphatic heterocycles. The molecule has 0 aliphatic carbocycles. The number of rotatable bonds is 5. The number of carbonyl (C=O) groups excluding carboxylic acids is 1. The molecule has 0 aromatic heterocycles. The highest BCUT2D eigenvalue weighted by Gasteiger charge is 1.97. The monoisotopic (exact) mass is 160 g/mol. The average molecular weight is 160 g/mol. The lowest BCUT2D eigenvalue weighted by molar-refractivity contribution is -0.143. The molecule has 2 nitrogen and oxygen atoms in total. The summed E-state index contributed by atoms with van der Waals surface area (Å²) >= 11 is 0. The van der Waals surface area contributed by atoms with Crippen molar-refractivity contribution in [2.75, 3.05) is 6.61 Å². The van der Waals surface area contributed by atoms with E-state index in [0.29, 0.717) is 13.0 Å². The van der Waals surface area contributed by atoms with Crippen molar-refractivity contribution in [3.63, 3.8) is 0 Å². The molecule has 0 amide bonds. The van der Waals surface area contributed by atoms with Gasteiger partial charge < -0.3 is 4.74 Å². The van der Waals surface area contributed by atoms with E-state index in [1.165, 1.54) is 16.3 Å². The molecule has 60 valence electrons. The van der Waals surface area contributed by atoms with E-state index in [1.807, 2.05) is 6.92 Å². The predicted octanol–water partition coefficient (Wildman–Crippen LogP) is 0.503. The first-order valence-corrected chi connectivity index (χ1v) is 5.38. The van der Waals surface area contributed by atoms with E-state index in [-0.39, 0.29) is 5.97 Å². The van der Waals surface area contributed by atoms with E-state index in [1.54, 1.807) is 0 Å². The van der Waals surface area contributed by atoms with Gasteiger partial charge in [0.25, 0.3) is 0 Å². The van der Waals surface area contributed by atoms with Crippen LogP contribution in [-0.2, 0) is 9.53 Å². The van der Waals surface area contributed by atoms with Crippen molar-refractivity contribution < 1.29 is 9.53 Å². The highest BCUT2D eigenvalue weighted by Crippen LogP contribution is 1.93. The highest BCUT2D eigenvalue weighted by molar-refractivity contribution is 6.08. The molecule has 0 heterocycles. The number of hydrogen-bond donors (Lipinski definition) is 0. The first-order chi connectivity index (χ1) is 4.81. The van der Waals surface area contributed by atoms with Crippen LogP contribution in [0.1, 0.15) is 26.2 Å². The van der Waals surface area contributed by atoms with Crippen LogP contribution in [0.25, 0.3) is 0 Å². The fourth-order valence-electron chi connectivity index (χ4n) is 0.607. The zero-order valence-electron chi connectivity index (χ0n) is 6.85. The molecule has 10 heavy (non-hydrogen) atoms. The summed E-state index contributed by atoms with van der Waals surface area (Å²) in [5.41, 5.74) is 0. The van der Waals surface area contributed by atoms with Crippen LogP contribution in [0.4, 0.5) is 0 Å². The summed E-state index contributed by atoms with van der Waals surface area (Å²) in [4.78, 5) is 10.7. The number of esters is 1. The third kappa shape index (κ3) is 5.82. The molecule has 0 aromatic rings. The molecule has 0 N–H and O–H groups in total.